The highest BCUT2D eigenvalue weighted by Crippen LogP contribution is 2.60. The van der Waals surface area contributed by atoms with Crippen molar-refractivity contribution in [2.45, 2.75) is 24.9 Å². The quantitative estimate of drug-likeness (QED) is 0.303. The van der Waals surface area contributed by atoms with E-state index in [2.05, 4.69) is 0 Å². The van der Waals surface area contributed by atoms with Gasteiger partial charge in [-0.05, 0) is 30.7 Å². The first-order valence-corrected chi connectivity index (χ1v) is 11.5. The predicted octanol–water partition coefficient (Wildman–Crippen LogP) is 4.76. The van der Waals surface area contributed by atoms with Crippen LogP contribution in [-0.4, -0.2) is 34.4 Å². The second kappa shape index (κ2) is 7.52. The number of anilines is 1. The van der Waals surface area contributed by atoms with Crippen LogP contribution in [-0.2, 0) is 4.79 Å². The molecule has 8 heteroatoms. The number of rotatable bonds is 3. The highest BCUT2D eigenvalue weighted by molar-refractivity contribution is 6.32. The van der Waals surface area contributed by atoms with Gasteiger partial charge in [-0.25, -0.2) is 4.39 Å². The summed E-state index contributed by atoms with van der Waals surface area (Å²) >= 11 is 0. The van der Waals surface area contributed by atoms with Gasteiger partial charge >= 0.3 is 0 Å². The van der Waals surface area contributed by atoms with Crippen molar-refractivity contribution >= 4 is 34.8 Å². The van der Waals surface area contributed by atoms with Crippen LogP contribution in [0.3, 0.4) is 0 Å². The molecule has 1 unspecified atom stereocenters. The maximum Gasteiger partial charge on any atom is 0.269 e. The van der Waals surface area contributed by atoms with Crippen molar-refractivity contribution in [2.24, 2.45) is 5.41 Å². The second-order valence-electron chi connectivity index (χ2n) is 9.37. The number of halogens is 1. The molecule has 1 fully saturated rings. The Morgan fingerprint density at radius 3 is 2.22 bits per heavy atom. The van der Waals surface area contributed by atoms with Crippen molar-refractivity contribution in [3.8, 4) is 0 Å². The van der Waals surface area contributed by atoms with Crippen LogP contribution in [0.25, 0.3) is 6.08 Å². The fraction of sp³-hybridized carbons (Fsp3) is 0.179. The van der Waals surface area contributed by atoms with E-state index in [0.29, 0.717) is 16.8 Å². The van der Waals surface area contributed by atoms with Crippen LogP contribution in [0, 0.1) is 21.3 Å². The Morgan fingerprint density at radius 2 is 1.64 bits per heavy atom. The Bertz CT molecular complexity index is 1490. The van der Waals surface area contributed by atoms with Crippen LogP contribution >= 0.6 is 0 Å². The minimum atomic E-state index is -1.67. The van der Waals surface area contributed by atoms with E-state index in [1.807, 2.05) is 0 Å². The van der Waals surface area contributed by atoms with Crippen LogP contribution in [0.4, 0.5) is 15.8 Å². The molecule has 178 valence electrons. The molecular weight excluding hydrogens is 463 g/mol. The average Bonchev–Trinajstić information content (AvgIpc) is 3.30. The molecule has 7 nitrogen and oxygen atoms in total. The molecular formula is C28H19FN2O5. The number of nitro benzene ring substituents is 1. The standard InChI is InChI=1S/C28H19FN2O5/c1-15(32)25-24(16-6-10-19(11-7-16)31(35)36)28(26(33)20-4-2-3-5-21(20)27(28)34)23-13-8-17-14-18(29)9-12-22(17)30(23)25/h2-14,23-25H,1H3/t23?,24-,25-/m1/s1. The van der Waals surface area contributed by atoms with Crippen molar-refractivity contribution in [3.05, 3.63) is 111 Å². The van der Waals surface area contributed by atoms with Gasteiger partial charge in [0.05, 0.1) is 17.0 Å². The smallest absolute Gasteiger partial charge is 0.269 e. The lowest BCUT2D eigenvalue weighted by atomic mass is 9.64. The van der Waals surface area contributed by atoms with E-state index >= 15 is 0 Å². The zero-order chi connectivity index (χ0) is 25.4. The van der Waals surface area contributed by atoms with Crippen LogP contribution in [0.2, 0.25) is 0 Å². The van der Waals surface area contributed by atoms with Gasteiger partial charge < -0.3 is 4.90 Å². The SMILES string of the molecule is CC(=O)[C@@H]1[C@@H](c2ccc([N+](=O)[O-])cc2)C2(C(=O)c3ccccc3C2=O)C2C=Cc3cc(F)ccc3N21. The fourth-order valence-electron chi connectivity index (χ4n) is 6.28. The number of carbonyl (C=O) groups excluding carboxylic acids is 3. The summed E-state index contributed by atoms with van der Waals surface area (Å²) in [7, 11) is 0. The highest BCUT2D eigenvalue weighted by atomic mass is 19.1. The molecule has 1 spiro atoms. The van der Waals surface area contributed by atoms with E-state index in [0.717, 1.165) is 0 Å². The van der Waals surface area contributed by atoms with E-state index in [1.54, 1.807) is 47.4 Å². The van der Waals surface area contributed by atoms with E-state index in [4.69, 9.17) is 0 Å². The number of non-ortho nitro benzene ring substituents is 1. The van der Waals surface area contributed by atoms with Gasteiger partial charge in [0.1, 0.15) is 11.2 Å². The number of nitrogens with zero attached hydrogens (tertiary/aromatic N) is 2. The molecule has 2 aliphatic heterocycles. The number of benzene rings is 3. The first kappa shape index (κ1) is 22.0. The molecule has 1 aliphatic carbocycles. The van der Waals surface area contributed by atoms with E-state index in [-0.39, 0.29) is 34.2 Å². The minimum absolute atomic E-state index is 0.143. The van der Waals surface area contributed by atoms with E-state index in [9.17, 15) is 28.9 Å². The average molecular weight is 482 g/mol. The highest BCUT2D eigenvalue weighted by Gasteiger charge is 2.71. The first-order chi connectivity index (χ1) is 17.3. The van der Waals surface area contributed by atoms with Gasteiger partial charge in [-0.1, -0.05) is 48.6 Å². The summed E-state index contributed by atoms with van der Waals surface area (Å²) in [6.45, 7) is 1.40. The van der Waals surface area contributed by atoms with Gasteiger partial charge in [0.15, 0.2) is 17.3 Å². The summed E-state index contributed by atoms with van der Waals surface area (Å²) in [5, 5.41) is 11.3. The number of carbonyl (C=O) groups is 3. The number of Topliss-reactive ketones (excluding diaryl/α,β-unsaturated/α-hetero) is 3. The van der Waals surface area contributed by atoms with Gasteiger partial charge in [-0.2, -0.15) is 0 Å². The molecule has 0 radical (unpaired) electrons. The Morgan fingerprint density at radius 1 is 1.00 bits per heavy atom. The minimum Gasteiger partial charge on any atom is -0.352 e. The van der Waals surface area contributed by atoms with Crippen molar-refractivity contribution in [2.75, 3.05) is 4.90 Å². The van der Waals surface area contributed by atoms with E-state index < -0.39 is 34.2 Å². The van der Waals surface area contributed by atoms with Crippen molar-refractivity contribution < 1.29 is 23.7 Å². The normalized spacial score (nSPS) is 22.9. The molecule has 1 saturated heterocycles. The van der Waals surface area contributed by atoms with Crippen molar-refractivity contribution in [1.29, 1.82) is 0 Å². The van der Waals surface area contributed by atoms with Gasteiger partial charge in [0.25, 0.3) is 5.69 Å². The van der Waals surface area contributed by atoms with E-state index in [1.165, 1.54) is 43.3 Å². The van der Waals surface area contributed by atoms with Crippen LogP contribution in [0.5, 0.6) is 0 Å². The Balaban J connectivity index is 1.66. The lowest BCUT2D eigenvalue weighted by Gasteiger charge is -2.37. The largest absolute Gasteiger partial charge is 0.352 e. The molecule has 6 rings (SSSR count). The Labute approximate surface area is 205 Å². The van der Waals surface area contributed by atoms with Crippen LogP contribution in [0.15, 0.2) is 72.8 Å². The molecule has 0 saturated carbocycles. The monoisotopic (exact) mass is 482 g/mol. The number of hydrogen-bond donors (Lipinski definition) is 0. The molecule has 2 heterocycles. The number of fused-ring (bicyclic) bond motifs is 5. The van der Waals surface area contributed by atoms with Crippen molar-refractivity contribution in [3.63, 3.8) is 0 Å². The number of nitro groups is 1. The van der Waals surface area contributed by atoms with Gasteiger partial charge in [-0.15, -0.1) is 0 Å². The Hall–Kier alpha value is -4.46. The Kier molecular flexibility index (Phi) is 4.60. The van der Waals surface area contributed by atoms with Gasteiger partial charge in [-0.3, -0.25) is 24.5 Å². The molecule has 3 aromatic rings. The maximum atomic E-state index is 14.2. The molecule has 3 aliphatic rings. The molecule has 0 aromatic heterocycles. The second-order valence-corrected chi connectivity index (χ2v) is 9.37. The van der Waals surface area contributed by atoms with Crippen LogP contribution < -0.4 is 4.90 Å². The van der Waals surface area contributed by atoms with Crippen molar-refractivity contribution in [1.82, 2.24) is 0 Å². The molecule has 3 aromatic carbocycles. The molecule has 0 bridgehead atoms. The number of hydrogen-bond acceptors (Lipinski definition) is 6. The summed E-state index contributed by atoms with van der Waals surface area (Å²) in [6.07, 6.45) is 3.38. The first-order valence-electron chi connectivity index (χ1n) is 11.5. The zero-order valence-corrected chi connectivity index (χ0v) is 19.1. The third kappa shape index (κ3) is 2.69. The maximum absolute atomic E-state index is 14.2. The van der Waals surface area contributed by atoms with Gasteiger partial charge in [0, 0.05) is 40.4 Å². The lowest BCUT2D eigenvalue weighted by Crippen LogP contribution is -2.48. The zero-order valence-electron chi connectivity index (χ0n) is 19.1. The third-order valence-corrected chi connectivity index (χ3v) is 7.65. The molecule has 0 N–H and O–H groups in total. The van der Waals surface area contributed by atoms with Crippen LogP contribution in [0.1, 0.15) is 44.7 Å². The summed E-state index contributed by atoms with van der Waals surface area (Å²) in [5.74, 6) is -2.42. The topological polar surface area (TPSA) is 97.6 Å². The molecule has 0 amide bonds. The molecule has 3 atom stereocenters. The summed E-state index contributed by atoms with van der Waals surface area (Å²) in [6, 6.07) is 14.7. The predicted molar refractivity (Wildman–Crippen MR) is 130 cm³/mol. The summed E-state index contributed by atoms with van der Waals surface area (Å²) in [4.78, 5) is 54.2. The third-order valence-electron chi connectivity index (χ3n) is 7.65. The van der Waals surface area contributed by atoms with Gasteiger partial charge in [0.2, 0.25) is 0 Å². The summed E-state index contributed by atoms with van der Waals surface area (Å²) < 4.78 is 14.1. The molecule has 36 heavy (non-hydrogen) atoms. The summed E-state index contributed by atoms with van der Waals surface area (Å²) in [5.41, 5.74) is 0.321. The fourth-order valence-corrected chi connectivity index (χ4v) is 6.28. The number of ketones is 3. The lowest BCUT2D eigenvalue weighted by molar-refractivity contribution is -0.384.